The molecule has 1 aliphatic heterocycles. The quantitative estimate of drug-likeness (QED) is 0.896. The summed E-state index contributed by atoms with van der Waals surface area (Å²) in [7, 11) is -3.75. The summed E-state index contributed by atoms with van der Waals surface area (Å²) in [6.45, 7) is 1.70. The van der Waals surface area contributed by atoms with E-state index in [2.05, 4.69) is 15.9 Å². The first kappa shape index (κ1) is 14.3. The Labute approximate surface area is 119 Å². The molecule has 0 aliphatic carbocycles. The molecule has 0 aromatic heterocycles. The Morgan fingerprint density at radius 3 is 2.84 bits per heavy atom. The Morgan fingerprint density at radius 2 is 2.21 bits per heavy atom. The number of aliphatic carboxylic acids is 1. The van der Waals surface area contributed by atoms with Crippen LogP contribution in [-0.2, 0) is 26.8 Å². The van der Waals surface area contributed by atoms with E-state index < -0.39 is 21.1 Å². The smallest absolute Gasteiger partial charge is 0.321 e. The topological polar surface area (TPSA) is 80.7 Å². The molecule has 1 aromatic rings. The van der Waals surface area contributed by atoms with Crippen molar-refractivity contribution in [1.82, 2.24) is 0 Å². The van der Waals surface area contributed by atoms with E-state index in [0.29, 0.717) is 17.9 Å². The molecule has 1 unspecified atom stereocenters. The lowest BCUT2D eigenvalue weighted by molar-refractivity contribution is -0.136. The number of carbonyl (C=O) groups is 1. The number of sulfone groups is 1. The van der Waals surface area contributed by atoms with Gasteiger partial charge < -0.3 is 9.84 Å². The molecule has 0 bridgehead atoms. The summed E-state index contributed by atoms with van der Waals surface area (Å²) in [6.07, 6.45) is 0.732. The predicted octanol–water partition coefficient (Wildman–Crippen LogP) is 1.77. The van der Waals surface area contributed by atoms with Crippen LogP contribution in [0.4, 0.5) is 0 Å². The van der Waals surface area contributed by atoms with Gasteiger partial charge in [0.2, 0.25) is 0 Å². The van der Waals surface area contributed by atoms with Crippen LogP contribution in [-0.4, -0.2) is 31.4 Å². The molecule has 0 saturated heterocycles. The highest BCUT2D eigenvalue weighted by Crippen LogP contribution is 2.34. The van der Waals surface area contributed by atoms with Gasteiger partial charge >= 0.3 is 5.97 Å². The maximum Gasteiger partial charge on any atom is 0.321 e. The van der Waals surface area contributed by atoms with Crippen molar-refractivity contribution >= 4 is 31.7 Å². The van der Waals surface area contributed by atoms with Gasteiger partial charge in [-0.1, -0.05) is 15.9 Å². The average Bonchev–Trinajstić information content (AvgIpc) is 2.75. The normalized spacial score (nSPS) is 15.7. The third-order valence-corrected chi connectivity index (χ3v) is 5.52. The summed E-state index contributed by atoms with van der Waals surface area (Å²) in [5.74, 6) is -1.10. The summed E-state index contributed by atoms with van der Waals surface area (Å²) in [5.41, 5.74) is 1.46. The lowest BCUT2D eigenvalue weighted by Crippen LogP contribution is -2.28. The van der Waals surface area contributed by atoms with Crippen molar-refractivity contribution < 1.29 is 23.1 Å². The van der Waals surface area contributed by atoms with Crippen molar-refractivity contribution in [2.75, 3.05) is 6.61 Å². The van der Waals surface area contributed by atoms with Crippen molar-refractivity contribution in [2.24, 2.45) is 0 Å². The van der Waals surface area contributed by atoms with Gasteiger partial charge in [-0.3, -0.25) is 4.79 Å². The first-order valence-electron chi connectivity index (χ1n) is 5.70. The second-order valence-electron chi connectivity index (χ2n) is 4.44. The number of hydrogen-bond donors (Lipinski definition) is 1. The molecule has 0 radical (unpaired) electrons. The first-order chi connectivity index (χ1) is 8.81. The van der Waals surface area contributed by atoms with Crippen LogP contribution >= 0.6 is 15.9 Å². The van der Waals surface area contributed by atoms with Crippen molar-refractivity contribution in [3.05, 3.63) is 27.7 Å². The molecule has 5 nitrogen and oxygen atoms in total. The van der Waals surface area contributed by atoms with E-state index in [1.807, 2.05) is 6.07 Å². The summed E-state index contributed by atoms with van der Waals surface area (Å²) in [6, 6.07) is 3.55. The minimum atomic E-state index is -3.75. The van der Waals surface area contributed by atoms with Crippen molar-refractivity contribution in [1.29, 1.82) is 0 Å². The summed E-state index contributed by atoms with van der Waals surface area (Å²) < 4.78 is 30.2. The zero-order valence-electron chi connectivity index (χ0n) is 10.2. The molecule has 0 saturated carbocycles. The molecule has 0 spiro atoms. The van der Waals surface area contributed by atoms with Gasteiger partial charge in [-0.15, -0.1) is 0 Å². The van der Waals surface area contributed by atoms with Crippen LogP contribution in [0.5, 0.6) is 5.75 Å². The maximum atomic E-state index is 12.0. The van der Waals surface area contributed by atoms with Gasteiger partial charge in [0.25, 0.3) is 0 Å². The molecular weight excluding hydrogens is 336 g/mol. The minimum absolute atomic E-state index is 0.331. The summed E-state index contributed by atoms with van der Waals surface area (Å²) in [4.78, 5) is 10.8. The highest BCUT2D eigenvalue weighted by atomic mass is 79.9. The average molecular weight is 349 g/mol. The van der Waals surface area contributed by atoms with Gasteiger partial charge in [0.15, 0.2) is 15.1 Å². The molecule has 1 aliphatic rings. The number of ether oxygens (including phenoxy) is 1. The van der Waals surface area contributed by atoms with Crippen molar-refractivity contribution in [3.63, 3.8) is 0 Å². The number of benzene rings is 1. The Morgan fingerprint density at radius 1 is 1.53 bits per heavy atom. The third kappa shape index (κ3) is 2.92. The lowest BCUT2D eigenvalue weighted by atomic mass is 10.1. The van der Waals surface area contributed by atoms with Gasteiger partial charge in [-0.25, -0.2) is 8.42 Å². The zero-order valence-corrected chi connectivity index (χ0v) is 12.6. The number of hydrogen-bond acceptors (Lipinski definition) is 4. The largest absolute Gasteiger partial charge is 0.493 e. The fourth-order valence-electron chi connectivity index (χ4n) is 1.95. The fourth-order valence-corrected chi connectivity index (χ4v) is 3.71. The molecule has 0 amide bonds. The van der Waals surface area contributed by atoms with Gasteiger partial charge in [0, 0.05) is 16.5 Å². The Bertz CT molecular complexity index is 623. The molecular formula is C12H13BrO5S. The van der Waals surface area contributed by atoms with Crippen LogP contribution < -0.4 is 4.74 Å². The van der Waals surface area contributed by atoms with E-state index in [1.165, 1.54) is 6.92 Å². The van der Waals surface area contributed by atoms with Crippen LogP contribution in [0.15, 0.2) is 16.6 Å². The molecule has 2 rings (SSSR count). The summed E-state index contributed by atoms with van der Waals surface area (Å²) >= 11 is 3.32. The van der Waals surface area contributed by atoms with Gasteiger partial charge in [0.1, 0.15) is 5.75 Å². The number of carboxylic acid groups (broad SMARTS) is 1. The molecule has 0 fully saturated rings. The first-order valence-corrected chi connectivity index (χ1v) is 8.20. The molecule has 19 heavy (non-hydrogen) atoms. The van der Waals surface area contributed by atoms with Crippen LogP contribution in [0, 0.1) is 0 Å². The molecule has 1 heterocycles. The van der Waals surface area contributed by atoms with Crippen LogP contribution in [0.25, 0.3) is 0 Å². The number of fused-ring (bicyclic) bond motifs is 1. The standard InChI is InChI=1S/C12H13BrO5S/c1-7(12(14)15)19(16,17)6-9-5-10(13)4-8-2-3-18-11(8)9/h4-5,7H,2-3,6H2,1H3,(H,14,15). The minimum Gasteiger partial charge on any atom is -0.493 e. The number of carboxylic acids is 1. The summed E-state index contributed by atoms with van der Waals surface area (Å²) in [5, 5.41) is 7.40. The highest BCUT2D eigenvalue weighted by Gasteiger charge is 2.30. The SMILES string of the molecule is CC(C(=O)O)S(=O)(=O)Cc1cc(Br)cc2c1OCC2. The van der Waals surface area contributed by atoms with E-state index >= 15 is 0 Å². The Balaban J connectivity index is 2.37. The van der Waals surface area contributed by atoms with E-state index in [0.717, 1.165) is 16.5 Å². The number of halogens is 1. The van der Waals surface area contributed by atoms with Crippen molar-refractivity contribution in [3.8, 4) is 5.75 Å². The predicted molar refractivity (Wildman–Crippen MR) is 73.1 cm³/mol. The third-order valence-electron chi connectivity index (χ3n) is 3.07. The zero-order chi connectivity index (χ0) is 14.2. The molecule has 104 valence electrons. The molecule has 7 heteroatoms. The molecule has 1 atom stereocenters. The molecule has 1 aromatic carbocycles. The van der Waals surface area contributed by atoms with Gasteiger partial charge in [-0.2, -0.15) is 0 Å². The Hall–Kier alpha value is -1.08. The van der Waals surface area contributed by atoms with Crippen molar-refractivity contribution in [2.45, 2.75) is 24.3 Å². The lowest BCUT2D eigenvalue weighted by Gasteiger charge is -2.12. The van der Waals surface area contributed by atoms with Gasteiger partial charge in [-0.05, 0) is 24.6 Å². The fraction of sp³-hybridized carbons (Fsp3) is 0.417. The van der Waals surface area contributed by atoms with Gasteiger partial charge in [0.05, 0.1) is 12.4 Å². The molecule has 1 N–H and O–H groups in total. The van der Waals surface area contributed by atoms with E-state index in [-0.39, 0.29) is 5.75 Å². The van der Waals surface area contributed by atoms with Crippen LogP contribution in [0.1, 0.15) is 18.1 Å². The second-order valence-corrected chi connectivity index (χ2v) is 7.68. The second kappa shape index (κ2) is 5.13. The van der Waals surface area contributed by atoms with E-state index in [4.69, 9.17) is 9.84 Å². The van der Waals surface area contributed by atoms with E-state index in [1.54, 1.807) is 6.07 Å². The number of rotatable bonds is 4. The Kier molecular flexibility index (Phi) is 3.87. The highest BCUT2D eigenvalue weighted by molar-refractivity contribution is 9.10. The maximum absolute atomic E-state index is 12.0. The van der Waals surface area contributed by atoms with Crippen LogP contribution in [0.3, 0.4) is 0 Å². The monoisotopic (exact) mass is 348 g/mol. The van der Waals surface area contributed by atoms with E-state index in [9.17, 15) is 13.2 Å². The van der Waals surface area contributed by atoms with Crippen LogP contribution in [0.2, 0.25) is 0 Å².